The average Bonchev–Trinajstić information content (AvgIpc) is 3.12. The van der Waals surface area contributed by atoms with Gasteiger partial charge in [0.2, 0.25) is 5.95 Å². The number of fused-ring (bicyclic) bond motifs is 1. The molecular formula is C16H21N7O4. The molecule has 1 aromatic carbocycles. The highest BCUT2D eigenvalue weighted by molar-refractivity contribution is 5.71. The fourth-order valence-electron chi connectivity index (χ4n) is 2.13. The Bertz CT molecular complexity index is 838. The van der Waals surface area contributed by atoms with Crippen molar-refractivity contribution in [1.29, 1.82) is 0 Å². The van der Waals surface area contributed by atoms with Gasteiger partial charge in [-0.2, -0.15) is 9.67 Å². The van der Waals surface area contributed by atoms with Gasteiger partial charge in [-0.3, -0.25) is 4.79 Å². The predicted octanol–water partition coefficient (Wildman–Crippen LogP) is 0.307. The maximum Gasteiger partial charge on any atom is 0.290 e. The third kappa shape index (κ3) is 5.59. The highest BCUT2D eigenvalue weighted by Crippen LogP contribution is 2.18. The number of benzene rings is 1. The molecule has 2 heterocycles. The normalized spacial score (nSPS) is 10.1. The first kappa shape index (κ1) is 20.0. The molecule has 144 valence electrons. The number of nitrogens with two attached hydrogens (primary N) is 1. The number of ether oxygens (including phenoxy) is 2. The van der Waals surface area contributed by atoms with Crippen molar-refractivity contribution < 1.29 is 19.4 Å². The number of nitrogens with zero attached hydrogens (tertiary/aromatic N) is 5. The van der Waals surface area contributed by atoms with Gasteiger partial charge >= 0.3 is 0 Å². The maximum atomic E-state index is 8.36. The monoisotopic (exact) mass is 375 g/mol. The molecule has 0 spiro atoms. The van der Waals surface area contributed by atoms with E-state index in [0.29, 0.717) is 43.4 Å². The van der Waals surface area contributed by atoms with Crippen molar-refractivity contribution in [3.63, 3.8) is 0 Å². The summed E-state index contributed by atoms with van der Waals surface area (Å²) >= 11 is 0. The summed E-state index contributed by atoms with van der Waals surface area (Å²) in [5.41, 5.74) is 7.46. The summed E-state index contributed by atoms with van der Waals surface area (Å²) in [5, 5.41) is 18.2. The van der Waals surface area contributed by atoms with Gasteiger partial charge in [-0.15, -0.1) is 5.10 Å². The minimum atomic E-state index is -0.250. The van der Waals surface area contributed by atoms with Crippen LogP contribution in [0.15, 0.2) is 30.5 Å². The van der Waals surface area contributed by atoms with Gasteiger partial charge in [0.05, 0.1) is 32.2 Å². The van der Waals surface area contributed by atoms with Crippen molar-refractivity contribution in [3.05, 3.63) is 30.5 Å². The standard InChI is InChI=1S/C15H19N7O2.CH2O2/c1-23-12-4-2-11(3-5-12)22-14-13(20-21-22)10-18-15(19-14)17-7-9-24-8-6-16;2-1-3/h2-5,10H,6-9,16H2,1H3,(H,17,18,19);1H,(H,2,3). The lowest BCUT2D eigenvalue weighted by Gasteiger charge is -2.06. The Morgan fingerprint density at radius 1 is 1.30 bits per heavy atom. The van der Waals surface area contributed by atoms with E-state index in [2.05, 4.69) is 25.6 Å². The lowest BCUT2D eigenvalue weighted by atomic mass is 10.3. The fourth-order valence-corrected chi connectivity index (χ4v) is 2.13. The van der Waals surface area contributed by atoms with Crippen molar-refractivity contribution in [1.82, 2.24) is 25.0 Å². The molecule has 0 aliphatic heterocycles. The Labute approximate surface area is 155 Å². The van der Waals surface area contributed by atoms with E-state index in [-0.39, 0.29) is 6.47 Å². The van der Waals surface area contributed by atoms with E-state index in [1.165, 1.54) is 0 Å². The second-order valence-corrected chi connectivity index (χ2v) is 5.03. The molecule has 3 aromatic rings. The lowest BCUT2D eigenvalue weighted by molar-refractivity contribution is -0.122. The number of hydrogen-bond donors (Lipinski definition) is 3. The van der Waals surface area contributed by atoms with Crippen LogP contribution in [0.4, 0.5) is 5.95 Å². The topological polar surface area (TPSA) is 150 Å². The molecule has 0 amide bonds. The maximum absolute atomic E-state index is 8.36. The van der Waals surface area contributed by atoms with E-state index in [0.717, 1.165) is 11.4 Å². The van der Waals surface area contributed by atoms with Gasteiger partial charge in [-0.1, -0.05) is 5.21 Å². The Morgan fingerprint density at radius 3 is 2.70 bits per heavy atom. The molecule has 27 heavy (non-hydrogen) atoms. The second-order valence-electron chi connectivity index (χ2n) is 5.03. The zero-order valence-electron chi connectivity index (χ0n) is 14.8. The molecule has 11 nitrogen and oxygen atoms in total. The van der Waals surface area contributed by atoms with Gasteiger partial charge in [0.15, 0.2) is 11.2 Å². The van der Waals surface area contributed by atoms with Crippen molar-refractivity contribution >= 4 is 23.6 Å². The highest BCUT2D eigenvalue weighted by Gasteiger charge is 2.10. The third-order valence-corrected chi connectivity index (χ3v) is 3.30. The van der Waals surface area contributed by atoms with Crippen LogP contribution in [0.3, 0.4) is 0 Å². The predicted molar refractivity (Wildman–Crippen MR) is 98.1 cm³/mol. The van der Waals surface area contributed by atoms with E-state index in [1.807, 2.05) is 24.3 Å². The molecular weight excluding hydrogens is 354 g/mol. The average molecular weight is 375 g/mol. The summed E-state index contributed by atoms with van der Waals surface area (Å²) in [5.74, 6) is 1.27. The Balaban J connectivity index is 0.000000817. The molecule has 0 unspecified atom stereocenters. The molecule has 0 atom stereocenters. The summed E-state index contributed by atoms with van der Waals surface area (Å²) < 4.78 is 12.1. The van der Waals surface area contributed by atoms with Crippen LogP contribution < -0.4 is 15.8 Å². The van der Waals surface area contributed by atoms with Crippen LogP contribution in [0.2, 0.25) is 0 Å². The number of carbonyl (C=O) groups is 1. The summed E-state index contributed by atoms with van der Waals surface area (Å²) in [6.07, 6.45) is 1.64. The van der Waals surface area contributed by atoms with Crippen molar-refractivity contribution in [2.24, 2.45) is 5.73 Å². The zero-order chi connectivity index (χ0) is 19.5. The molecule has 0 saturated heterocycles. The number of anilines is 1. The van der Waals surface area contributed by atoms with Gasteiger partial charge in [-0.05, 0) is 24.3 Å². The Hall–Kier alpha value is -3.31. The van der Waals surface area contributed by atoms with Gasteiger partial charge in [0, 0.05) is 13.1 Å². The SMILES string of the molecule is COc1ccc(-n2nnc3cnc(NCCOCCN)nc32)cc1.O=CO. The zero-order valence-corrected chi connectivity index (χ0v) is 14.8. The number of rotatable bonds is 8. The minimum absolute atomic E-state index is 0.250. The number of hydrogen-bond acceptors (Lipinski definition) is 9. The van der Waals surface area contributed by atoms with Gasteiger partial charge in [-0.25, -0.2) is 4.98 Å². The fraction of sp³-hybridized carbons (Fsp3) is 0.312. The van der Waals surface area contributed by atoms with Crippen LogP contribution in [0, 0.1) is 0 Å². The highest BCUT2D eigenvalue weighted by atomic mass is 16.5. The molecule has 0 saturated carbocycles. The van der Waals surface area contributed by atoms with Gasteiger partial charge in [0.1, 0.15) is 5.75 Å². The quantitative estimate of drug-likeness (QED) is 0.370. The lowest BCUT2D eigenvalue weighted by Crippen LogP contribution is -2.15. The van der Waals surface area contributed by atoms with E-state index in [1.54, 1.807) is 18.0 Å². The number of methoxy groups -OCH3 is 1. The minimum Gasteiger partial charge on any atom is -0.497 e. The number of nitrogens with one attached hydrogen (secondary N) is 1. The van der Waals surface area contributed by atoms with Crippen LogP contribution >= 0.6 is 0 Å². The molecule has 0 aliphatic carbocycles. The van der Waals surface area contributed by atoms with Crippen molar-refractivity contribution in [2.45, 2.75) is 0 Å². The first-order chi connectivity index (χ1) is 13.2. The van der Waals surface area contributed by atoms with E-state index < -0.39 is 0 Å². The van der Waals surface area contributed by atoms with E-state index >= 15 is 0 Å². The van der Waals surface area contributed by atoms with Gasteiger partial charge < -0.3 is 25.6 Å². The molecule has 0 bridgehead atoms. The smallest absolute Gasteiger partial charge is 0.290 e. The van der Waals surface area contributed by atoms with E-state index in [9.17, 15) is 0 Å². The molecule has 3 rings (SSSR count). The Kier molecular flexibility index (Phi) is 7.88. The molecule has 4 N–H and O–H groups in total. The number of aromatic nitrogens is 5. The van der Waals surface area contributed by atoms with Crippen LogP contribution in [-0.2, 0) is 9.53 Å². The molecule has 2 aromatic heterocycles. The van der Waals surface area contributed by atoms with Gasteiger partial charge in [0.25, 0.3) is 6.47 Å². The summed E-state index contributed by atoms with van der Waals surface area (Å²) in [6.45, 7) is 1.93. The third-order valence-electron chi connectivity index (χ3n) is 3.30. The summed E-state index contributed by atoms with van der Waals surface area (Å²) in [6, 6.07) is 7.50. The first-order valence-corrected chi connectivity index (χ1v) is 8.06. The Morgan fingerprint density at radius 2 is 2.04 bits per heavy atom. The second kappa shape index (κ2) is 10.6. The van der Waals surface area contributed by atoms with Crippen LogP contribution in [0.1, 0.15) is 0 Å². The molecule has 0 fully saturated rings. The first-order valence-electron chi connectivity index (χ1n) is 8.06. The molecule has 0 radical (unpaired) electrons. The van der Waals surface area contributed by atoms with Crippen LogP contribution in [0.25, 0.3) is 16.9 Å². The van der Waals surface area contributed by atoms with Crippen molar-refractivity contribution in [2.75, 3.05) is 38.7 Å². The summed E-state index contributed by atoms with van der Waals surface area (Å²) in [4.78, 5) is 17.1. The van der Waals surface area contributed by atoms with E-state index in [4.69, 9.17) is 25.1 Å². The molecule has 0 aliphatic rings. The largest absolute Gasteiger partial charge is 0.497 e. The van der Waals surface area contributed by atoms with Crippen LogP contribution in [-0.4, -0.2) is 70.0 Å². The summed E-state index contributed by atoms with van der Waals surface area (Å²) in [7, 11) is 1.63. The number of carboxylic acid groups (broad SMARTS) is 1. The molecule has 11 heteroatoms. The van der Waals surface area contributed by atoms with Crippen LogP contribution in [0.5, 0.6) is 5.75 Å². The van der Waals surface area contributed by atoms with Crippen molar-refractivity contribution in [3.8, 4) is 11.4 Å².